The number of para-hydroxylation sites is 1. The standard InChI is InChI=1S/C12H18N2O5S/c1-9(2)7-10(8-15)13-20(18,19)12-6-4-3-5-11(12)14(16)17/h3-6,9-10,13,15H,7-8H2,1-2H3. The van der Waals surface area contributed by atoms with Crippen molar-refractivity contribution in [3.63, 3.8) is 0 Å². The molecule has 1 unspecified atom stereocenters. The smallest absolute Gasteiger partial charge is 0.289 e. The van der Waals surface area contributed by atoms with Crippen LogP contribution in [0.15, 0.2) is 29.2 Å². The monoisotopic (exact) mass is 302 g/mol. The van der Waals surface area contributed by atoms with Crippen molar-refractivity contribution < 1.29 is 18.4 Å². The molecule has 112 valence electrons. The molecule has 20 heavy (non-hydrogen) atoms. The Labute approximate surface area is 117 Å². The number of rotatable bonds is 7. The third-order valence-electron chi connectivity index (χ3n) is 2.65. The zero-order valence-corrected chi connectivity index (χ0v) is 12.1. The third kappa shape index (κ3) is 4.26. The van der Waals surface area contributed by atoms with E-state index >= 15 is 0 Å². The molecule has 1 aromatic carbocycles. The van der Waals surface area contributed by atoms with Gasteiger partial charge in [0.1, 0.15) is 0 Å². The number of benzene rings is 1. The second-order valence-electron chi connectivity index (χ2n) is 4.86. The molecule has 0 radical (unpaired) electrons. The van der Waals surface area contributed by atoms with Crippen molar-refractivity contribution in [1.82, 2.24) is 4.72 Å². The van der Waals surface area contributed by atoms with E-state index in [0.717, 1.165) is 6.07 Å². The number of aliphatic hydroxyl groups excluding tert-OH is 1. The van der Waals surface area contributed by atoms with Gasteiger partial charge in [0.05, 0.1) is 11.5 Å². The van der Waals surface area contributed by atoms with E-state index in [4.69, 9.17) is 0 Å². The van der Waals surface area contributed by atoms with Gasteiger partial charge in [0.25, 0.3) is 5.69 Å². The van der Waals surface area contributed by atoms with Gasteiger partial charge in [-0.3, -0.25) is 10.1 Å². The van der Waals surface area contributed by atoms with E-state index < -0.39 is 31.6 Å². The molecule has 0 saturated carbocycles. The first-order chi connectivity index (χ1) is 9.27. The number of aliphatic hydroxyl groups is 1. The van der Waals surface area contributed by atoms with Crippen LogP contribution in [0.5, 0.6) is 0 Å². The first-order valence-electron chi connectivity index (χ1n) is 6.14. The maximum atomic E-state index is 12.2. The van der Waals surface area contributed by atoms with Gasteiger partial charge in [-0.2, -0.15) is 0 Å². The summed E-state index contributed by atoms with van der Waals surface area (Å²) < 4.78 is 26.7. The molecule has 0 fully saturated rings. The van der Waals surface area contributed by atoms with Gasteiger partial charge in [0.15, 0.2) is 4.90 Å². The summed E-state index contributed by atoms with van der Waals surface area (Å²) in [6.07, 6.45) is 0.441. The topological polar surface area (TPSA) is 110 Å². The molecule has 0 aromatic heterocycles. The van der Waals surface area contributed by atoms with E-state index in [1.165, 1.54) is 18.2 Å². The van der Waals surface area contributed by atoms with Crippen LogP contribution in [0.4, 0.5) is 5.69 Å². The lowest BCUT2D eigenvalue weighted by atomic mass is 10.1. The van der Waals surface area contributed by atoms with Gasteiger partial charge < -0.3 is 5.11 Å². The number of nitro benzene ring substituents is 1. The molecular weight excluding hydrogens is 284 g/mol. The fourth-order valence-corrected chi connectivity index (χ4v) is 3.26. The van der Waals surface area contributed by atoms with Crippen molar-refractivity contribution in [1.29, 1.82) is 0 Å². The second-order valence-corrected chi connectivity index (χ2v) is 6.54. The van der Waals surface area contributed by atoms with Crippen LogP contribution in [0.2, 0.25) is 0 Å². The average Bonchev–Trinajstić information content (AvgIpc) is 2.37. The summed E-state index contributed by atoms with van der Waals surface area (Å²) >= 11 is 0. The minimum atomic E-state index is -4.04. The van der Waals surface area contributed by atoms with E-state index in [-0.39, 0.29) is 12.5 Å². The van der Waals surface area contributed by atoms with Crippen LogP contribution in [-0.2, 0) is 10.0 Å². The Bertz CT molecular complexity index is 571. The predicted molar refractivity (Wildman–Crippen MR) is 73.7 cm³/mol. The molecular formula is C12H18N2O5S. The van der Waals surface area contributed by atoms with Gasteiger partial charge in [-0.25, -0.2) is 13.1 Å². The third-order valence-corrected chi connectivity index (χ3v) is 4.22. The molecule has 0 aliphatic carbocycles. The van der Waals surface area contributed by atoms with Crippen molar-refractivity contribution in [2.75, 3.05) is 6.61 Å². The first-order valence-corrected chi connectivity index (χ1v) is 7.63. The number of nitrogens with zero attached hydrogens (tertiary/aromatic N) is 1. The highest BCUT2D eigenvalue weighted by atomic mass is 32.2. The van der Waals surface area contributed by atoms with Gasteiger partial charge in [-0.15, -0.1) is 0 Å². The lowest BCUT2D eigenvalue weighted by Crippen LogP contribution is -2.38. The summed E-state index contributed by atoms with van der Waals surface area (Å²) in [5.41, 5.74) is -0.485. The minimum Gasteiger partial charge on any atom is -0.395 e. The quantitative estimate of drug-likeness (QED) is 0.582. The maximum absolute atomic E-state index is 12.2. The maximum Gasteiger partial charge on any atom is 0.289 e. The van der Waals surface area contributed by atoms with Crippen LogP contribution in [-0.4, -0.2) is 31.1 Å². The molecule has 2 N–H and O–H groups in total. The van der Waals surface area contributed by atoms with Crippen molar-refractivity contribution in [2.24, 2.45) is 5.92 Å². The summed E-state index contributed by atoms with van der Waals surface area (Å²) in [5.74, 6) is 0.181. The number of sulfonamides is 1. The average molecular weight is 302 g/mol. The van der Waals surface area contributed by atoms with Gasteiger partial charge in [0, 0.05) is 12.1 Å². The van der Waals surface area contributed by atoms with E-state index in [0.29, 0.717) is 6.42 Å². The van der Waals surface area contributed by atoms with Crippen molar-refractivity contribution in [3.8, 4) is 0 Å². The second kappa shape index (κ2) is 6.78. The summed E-state index contributed by atoms with van der Waals surface area (Å²) in [6, 6.07) is 4.45. The highest BCUT2D eigenvalue weighted by Gasteiger charge is 2.27. The van der Waals surface area contributed by atoms with Gasteiger partial charge >= 0.3 is 0 Å². The van der Waals surface area contributed by atoms with Crippen LogP contribution < -0.4 is 4.72 Å². The van der Waals surface area contributed by atoms with E-state index in [2.05, 4.69) is 4.72 Å². The van der Waals surface area contributed by atoms with Crippen LogP contribution >= 0.6 is 0 Å². The van der Waals surface area contributed by atoms with Crippen molar-refractivity contribution in [3.05, 3.63) is 34.4 Å². The Kier molecular flexibility index (Phi) is 5.61. The molecule has 0 aliphatic heterocycles. The first kappa shape index (κ1) is 16.5. The summed E-state index contributed by atoms with van der Waals surface area (Å²) in [6.45, 7) is 3.42. The Balaban J connectivity index is 3.08. The summed E-state index contributed by atoms with van der Waals surface area (Å²) in [5, 5.41) is 20.1. The SMILES string of the molecule is CC(C)CC(CO)NS(=O)(=O)c1ccccc1[N+](=O)[O-]. The molecule has 0 spiro atoms. The summed E-state index contributed by atoms with van der Waals surface area (Å²) in [4.78, 5) is 9.72. The molecule has 0 amide bonds. The van der Waals surface area contributed by atoms with Gasteiger partial charge in [-0.1, -0.05) is 26.0 Å². The molecule has 0 aliphatic rings. The number of nitrogens with one attached hydrogen (secondary N) is 1. The Morgan fingerprint density at radius 3 is 2.45 bits per heavy atom. The van der Waals surface area contributed by atoms with Crippen molar-refractivity contribution in [2.45, 2.75) is 31.2 Å². The van der Waals surface area contributed by atoms with E-state index in [9.17, 15) is 23.6 Å². The fourth-order valence-electron chi connectivity index (χ4n) is 1.85. The minimum absolute atomic E-state index is 0.181. The van der Waals surface area contributed by atoms with Crippen molar-refractivity contribution >= 4 is 15.7 Å². The van der Waals surface area contributed by atoms with Crippen LogP contribution in [0, 0.1) is 16.0 Å². The predicted octanol–water partition coefficient (Wildman–Crippen LogP) is 1.28. The molecule has 8 heteroatoms. The normalized spacial score (nSPS) is 13.4. The number of hydrogen-bond acceptors (Lipinski definition) is 5. The Morgan fingerprint density at radius 2 is 1.95 bits per heavy atom. The summed E-state index contributed by atoms with van der Waals surface area (Å²) in [7, 11) is -4.04. The molecule has 0 heterocycles. The molecule has 1 atom stereocenters. The molecule has 7 nitrogen and oxygen atoms in total. The number of hydrogen-bond donors (Lipinski definition) is 2. The largest absolute Gasteiger partial charge is 0.395 e. The lowest BCUT2D eigenvalue weighted by molar-refractivity contribution is -0.387. The fraction of sp³-hybridized carbons (Fsp3) is 0.500. The van der Waals surface area contributed by atoms with Crippen LogP contribution in [0.1, 0.15) is 20.3 Å². The molecule has 0 saturated heterocycles. The highest BCUT2D eigenvalue weighted by Crippen LogP contribution is 2.23. The molecule has 0 bridgehead atoms. The Morgan fingerprint density at radius 1 is 1.35 bits per heavy atom. The highest BCUT2D eigenvalue weighted by molar-refractivity contribution is 7.89. The number of nitro groups is 1. The van der Waals surface area contributed by atoms with Crippen LogP contribution in [0.3, 0.4) is 0 Å². The van der Waals surface area contributed by atoms with Gasteiger partial charge in [-0.05, 0) is 18.4 Å². The van der Waals surface area contributed by atoms with E-state index in [1.807, 2.05) is 13.8 Å². The molecule has 1 aromatic rings. The van der Waals surface area contributed by atoms with Crippen LogP contribution in [0.25, 0.3) is 0 Å². The van der Waals surface area contributed by atoms with E-state index in [1.54, 1.807) is 0 Å². The van der Waals surface area contributed by atoms with Gasteiger partial charge in [0.2, 0.25) is 10.0 Å². The zero-order chi connectivity index (χ0) is 15.3. The lowest BCUT2D eigenvalue weighted by Gasteiger charge is -2.18. The zero-order valence-electron chi connectivity index (χ0n) is 11.3. The Hall–Kier alpha value is -1.51. The molecule has 1 rings (SSSR count).